The zero-order valence-corrected chi connectivity index (χ0v) is 27.3. The first-order chi connectivity index (χ1) is 21.6. The Labute approximate surface area is 270 Å². The molecule has 250 valence electrons. The van der Waals surface area contributed by atoms with Crippen molar-refractivity contribution in [3.63, 3.8) is 0 Å². The van der Waals surface area contributed by atoms with Crippen LogP contribution in [0.25, 0.3) is 5.82 Å². The van der Waals surface area contributed by atoms with Crippen molar-refractivity contribution in [1.29, 1.82) is 0 Å². The number of hydrogen-bond acceptors (Lipinski definition) is 9. The first kappa shape index (κ1) is 33.9. The van der Waals surface area contributed by atoms with Crippen LogP contribution in [-0.2, 0) is 10.0 Å². The number of aromatic nitrogens is 4. The van der Waals surface area contributed by atoms with Crippen molar-refractivity contribution in [1.82, 2.24) is 29.8 Å². The number of nitrogens with one attached hydrogen (secondary N) is 2. The van der Waals surface area contributed by atoms with Gasteiger partial charge in [0.2, 0.25) is 5.88 Å². The van der Waals surface area contributed by atoms with Crippen LogP contribution in [0.1, 0.15) is 62.7 Å². The predicted octanol–water partition coefficient (Wildman–Crippen LogP) is 5.15. The summed E-state index contributed by atoms with van der Waals surface area (Å²) in [4.78, 5) is 23.2. The molecule has 1 atom stereocenters. The third-order valence-corrected chi connectivity index (χ3v) is 10.2. The highest BCUT2D eigenvalue weighted by molar-refractivity contribution is 7.90. The van der Waals surface area contributed by atoms with E-state index in [0.29, 0.717) is 18.3 Å². The summed E-state index contributed by atoms with van der Waals surface area (Å²) in [7, 11) is -2.51. The average Bonchev–Trinajstić information content (AvgIpc) is 3.65. The van der Waals surface area contributed by atoms with E-state index in [2.05, 4.69) is 34.2 Å². The van der Waals surface area contributed by atoms with E-state index in [1.165, 1.54) is 35.1 Å². The van der Waals surface area contributed by atoms with Gasteiger partial charge in [-0.25, -0.2) is 19.4 Å². The van der Waals surface area contributed by atoms with Gasteiger partial charge in [0.05, 0.1) is 17.6 Å². The number of carbonyl (C=O) groups excluding carboxylic acids is 1. The van der Waals surface area contributed by atoms with Gasteiger partial charge in [-0.05, 0) is 89.1 Å². The number of nitrogens with zero attached hydrogens (tertiary/aromatic N) is 5. The van der Waals surface area contributed by atoms with E-state index in [1.54, 1.807) is 12.1 Å². The number of rotatable bonds is 12. The van der Waals surface area contributed by atoms with Gasteiger partial charge >= 0.3 is 6.18 Å². The average molecular weight is 684 g/mol. The van der Waals surface area contributed by atoms with Crippen LogP contribution in [0.3, 0.4) is 0 Å². The quantitative estimate of drug-likeness (QED) is 0.249. The largest absolute Gasteiger partial charge is 0.477 e. The van der Waals surface area contributed by atoms with Gasteiger partial charge in [0.25, 0.3) is 15.9 Å². The molecule has 1 saturated heterocycles. The first-order valence-corrected chi connectivity index (χ1v) is 16.9. The molecule has 4 heterocycles. The molecule has 1 amide bonds. The number of anilines is 1. The number of hydrogen-bond donors (Lipinski definition) is 2. The number of halogens is 4. The molecule has 0 spiro atoms. The molecule has 0 aromatic carbocycles. The molecule has 5 rings (SSSR count). The Morgan fingerprint density at radius 3 is 2.59 bits per heavy atom. The van der Waals surface area contributed by atoms with E-state index in [1.807, 2.05) is 16.7 Å². The third kappa shape index (κ3) is 7.92. The van der Waals surface area contributed by atoms with E-state index < -0.39 is 27.5 Å². The Morgan fingerprint density at radius 2 is 1.93 bits per heavy atom. The van der Waals surface area contributed by atoms with Crippen molar-refractivity contribution >= 4 is 33.3 Å². The van der Waals surface area contributed by atoms with Crippen LogP contribution >= 0.6 is 11.6 Å². The second kappa shape index (κ2) is 13.0. The summed E-state index contributed by atoms with van der Waals surface area (Å²) in [6, 6.07) is 8.71. The first-order valence-electron chi connectivity index (χ1n) is 15.0. The zero-order valence-electron chi connectivity index (χ0n) is 25.8. The highest BCUT2D eigenvalue weighted by Gasteiger charge is 2.62. The summed E-state index contributed by atoms with van der Waals surface area (Å²) in [5.41, 5.74) is -1.73. The van der Waals surface area contributed by atoms with Crippen LogP contribution in [0.15, 0.2) is 47.6 Å². The van der Waals surface area contributed by atoms with Gasteiger partial charge in [0, 0.05) is 31.4 Å². The molecule has 0 bridgehead atoms. The second-order valence-electron chi connectivity index (χ2n) is 12.6. The fourth-order valence-corrected chi connectivity index (χ4v) is 6.48. The fraction of sp³-hybridized carbons (Fsp3) is 0.533. The molecule has 1 saturated carbocycles. The second-order valence-corrected chi connectivity index (χ2v) is 14.6. The van der Waals surface area contributed by atoms with Gasteiger partial charge in [-0.2, -0.15) is 21.6 Å². The fourth-order valence-electron chi connectivity index (χ4n) is 5.32. The summed E-state index contributed by atoms with van der Waals surface area (Å²) >= 11 is 6.25. The number of sulfonamides is 1. The van der Waals surface area contributed by atoms with Crippen LogP contribution in [0, 0.1) is 11.3 Å². The van der Waals surface area contributed by atoms with Crippen molar-refractivity contribution in [2.75, 3.05) is 31.6 Å². The van der Waals surface area contributed by atoms with Crippen molar-refractivity contribution in [3.05, 3.63) is 53.3 Å². The third-order valence-electron chi connectivity index (χ3n) is 8.69. The highest BCUT2D eigenvalue weighted by atomic mass is 35.5. The van der Waals surface area contributed by atoms with Crippen molar-refractivity contribution < 1.29 is 31.1 Å². The van der Waals surface area contributed by atoms with Crippen LogP contribution in [-0.4, -0.2) is 72.5 Å². The number of alkyl halides is 3. The van der Waals surface area contributed by atoms with Crippen LogP contribution in [0.2, 0.25) is 5.15 Å². The molecule has 1 unspecified atom stereocenters. The molecular formula is C30H37ClF3N7O4S. The Kier molecular flexibility index (Phi) is 9.58. The van der Waals surface area contributed by atoms with Gasteiger partial charge in [0.15, 0.2) is 10.8 Å². The minimum Gasteiger partial charge on any atom is -0.477 e. The molecular weight excluding hydrogens is 647 g/mol. The standard InChI is InChI=1S/C30H37ClF3N7O4S/c1-28(2)12-9-20(19-35-28)10-16-40(3)22-5-4-6-25(36-22)46(43,44)39-27(42)21-7-8-23(37-26(21)31)41-17-11-24(38-41)45-18-15-29(13-14-29)30(32,33)34/h4-8,11,17,20,35H,9-10,12-16,18-19H2,1-3H3,(H,39,42). The molecule has 2 N–H and O–H groups in total. The van der Waals surface area contributed by atoms with Gasteiger partial charge < -0.3 is 15.0 Å². The van der Waals surface area contributed by atoms with Gasteiger partial charge in [-0.15, -0.1) is 5.10 Å². The van der Waals surface area contributed by atoms with Crippen molar-refractivity contribution in [3.8, 4) is 11.7 Å². The number of carbonyl (C=O) groups is 1. The summed E-state index contributed by atoms with van der Waals surface area (Å²) in [6.07, 6.45) is 0.367. The molecule has 0 radical (unpaired) electrons. The van der Waals surface area contributed by atoms with E-state index in [4.69, 9.17) is 16.3 Å². The minimum absolute atomic E-state index is 0.0930. The van der Waals surface area contributed by atoms with E-state index in [9.17, 15) is 26.4 Å². The van der Waals surface area contributed by atoms with Crippen molar-refractivity contribution in [2.24, 2.45) is 11.3 Å². The molecule has 3 aromatic rings. The molecule has 2 fully saturated rings. The summed E-state index contributed by atoms with van der Waals surface area (Å²) in [6.45, 7) is 5.85. The van der Waals surface area contributed by atoms with E-state index in [0.717, 1.165) is 25.8 Å². The van der Waals surface area contributed by atoms with Crippen molar-refractivity contribution in [2.45, 2.75) is 69.1 Å². The summed E-state index contributed by atoms with van der Waals surface area (Å²) in [5, 5.41) is 7.10. The van der Waals surface area contributed by atoms with Crippen LogP contribution in [0.5, 0.6) is 5.88 Å². The highest BCUT2D eigenvalue weighted by Crippen LogP contribution is 2.59. The lowest BCUT2D eigenvalue weighted by atomic mass is 9.85. The number of amides is 1. The van der Waals surface area contributed by atoms with E-state index in [-0.39, 0.29) is 58.8 Å². The monoisotopic (exact) mass is 683 g/mol. The summed E-state index contributed by atoms with van der Waals surface area (Å²) < 4.78 is 74.2. The Morgan fingerprint density at radius 1 is 1.17 bits per heavy atom. The summed E-state index contributed by atoms with van der Waals surface area (Å²) in [5.74, 6) is 0.248. The molecule has 1 aliphatic heterocycles. The Bertz CT molecular complexity index is 1670. The van der Waals surface area contributed by atoms with E-state index >= 15 is 0 Å². The predicted molar refractivity (Wildman–Crippen MR) is 166 cm³/mol. The van der Waals surface area contributed by atoms with Gasteiger partial charge in [-0.1, -0.05) is 17.7 Å². The Balaban J connectivity index is 1.17. The normalized spacial score (nSPS) is 19.0. The molecule has 2 aliphatic rings. The number of piperidine rings is 1. The van der Waals surface area contributed by atoms with Gasteiger partial charge in [-0.3, -0.25) is 4.79 Å². The Hall–Kier alpha value is -3.43. The maximum atomic E-state index is 13.1. The number of pyridine rings is 2. The molecule has 1 aliphatic carbocycles. The number of ether oxygens (including phenoxy) is 1. The zero-order chi connectivity index (χ0) is 33.3. The lowest BCUT2D eigenvalue weighted by molar-refractivity contribution is -0.190. The van der Waals surface area contributed by atoms with Gasteiger partial charge in [0.1, 0.15) is 11.0 Å². The lowest BCUT2D eigenvalue weighted by Gasteiger charge is -2.36. The minimum atomic E-state index is -4.35. The SMILES string of the molecule is CN(CCC1CCC(C)(C)NC1)c1cccc(S(=O)(=O)NC(=O)c2ccc(-n3ccc(OCCC4(C(F)(F)F)CC4)n3)nc2Cl)n1. The van der Waals surface area contributed by atoms with Crippen LogP contribution in [0.4, 0.5) is 19.0 Å². The van der Waals surface area contributed by atoms with Crippen LogP contribution < -0.4 is 19.7 Å². The maximum Gasteiger partial charge on any atom is 0.394 e. The molecule has 16 heteroatoms. The maximum absolute atomic E-state index is 13.1. The smallest absolute Gasteiger partial charge is 0.394 e. The lowest BCUT2D eigenvalue weighted by Crippen LogP contribution is -2.47. The molecule has 11 nitrogen and oxygen atoms in total. The molecule has 46 heavy (non-hydrogen) atoms. The topological polar surface area (TPSA) is 131 Å². The molecule has 3 aromatic heterocycles.